The van der Waals surface area contributed by atoms with E-state index in [0.717, 1.165) is 51.2 Å². The summed E-state index contributed by atoms with van der Waals surface area (Å²) in [7, 11) is 0. The van der Waals surface area contributed by atoms with Gasteiger partial charge in [-0.05, 0) is 44.0 Å². The van der Waals surface area contributed by atoms with Crippen LogP contribution in [0.5, 0.6) is 5.75 Å². The molecule has 0 unspecified atom stereocenters. The summed E-state index contributed by atoms with van der Waals surface area (Å²) in [6.07, 6.45) is 2.77. The number of carbonyl (C=O) groups excluding carboxylic acids is 1. The molecule has 2 rings (SSSR count). The molecule has 1 aromatic rings. The third-order valence-corrected chi connectivity index (χ3v) is 3.49. The van der Waals surface area contributed by atoms with E-state index in [4.69, 9.17) is 4.74 Å². The highest BCUT2D eigenvalue weighted by Gasteiger charge is 2.18. The van der Waals surface area contributed by atoms with Crippen LogP contribution in [0.3, 0.4) is 0 Å². The lowest BCUT2D eigenvalue weighted by atomic mass is 10.2. The quantitative estimate of drug-likeness (QED) is 0.750. The van der Waals surface area contributed by atoms with Gasteiger partial charge in [0.1, 0.15) is 5.75 Å². The van der Waals surface area contributed by atoms with Gasteiger partial charge >= 0.3 is 0 Å². The van der Waals surface area contributed by atoms with Crippen molar-refractivity contribution in [1.82, 2.24) is 10.2 Å². The fourth-order valence-corrected chi connectivity index (χ4v) is 2.48. The first-order chi connectivity index (χ1) is 9.79. The maximum Gasteiger partial charge on any atom is 0.222 e. The first-order valence-electron chi connectivity index (χ1n) is 7.50. The van der Waals surface area contributed by atoms with E-state index in [0.29, 0.717) is 12.5 Å². The van der Waals surface area contributed by atoms with Gasteiger partial charge in [0.15, 0.2) is 0 Å². The van der Waals surface area contributed by atoms with Crippen LogP contribution >= 0.6 is 12.4 Å². The van der Waals surface area contributed by atoms with E-state index >= 15 is 0 Å². The van der Waals surface area contributed by atoms with Crippen molar-refractivity contribution in [2.45, 2.75) is 32.7 Å². The number of hydrogen-bond acceptors (Lipinski definition) is 3. The molecule has 0 aromatic heterocycles. The number of ether oxygens (including phenoxy) is 1. The van der Waals surface area contributed by atoms with Gasteiger partial charge in [-0.3, -0.25) is 4.79 Å². The summed E-state index contributed by atoms with van der Waals surface area (Å²) in [6.45, 7) is 6.28. The lowest BCUT2D eigenvalue weighted by Crippen LogP contribution is -2.28. The molecule has 1 aliphatic rings. The molecule has 0 aliphatic carbocycles. The highest BCUT2D eigenvalue weighted by atomic mass is 35.5. The van der Waals surface area contributed by atoms with Crippen molar-refractivity contribution >= 4 is 18.3 Å². The highest BCUT2D eigenvalue weighted by Crippen LogP contribution is 2.13. The standard InChI is InChI=1S/C16H24N2O2.ClH/c1-2-20-15-7-3-6-14(12-15)13-17-9-5-11-18-10-4-8-16(18)19;/h3,6-7,12,17H,2,4-5,8-11,13H2,1H3;1H. The number of nitrogens with zero attached hydrogens (tertiary/aromatic N) is 1. The summed E-state index contributed by atoms with van der Waals surface area (Å²) >= 11 is 0. The Morgan fingerprint density at radius 3 is 2.95 bits per heavy atom. The maximum atomic E-state index is 11.5. The molecular formula is C16H25ClN2O2. The van der Waals surface area contributed by atoms with Crippen LogP contribution in [0.1, 0.15) is 31.7 Å². The fraction of sp³-hybridized carbons (Fsp3) is 0.562. The van der Waals surface area contributed by atoms with Crippen molar-refractivity contribution in [3.05, 3.63) is 29.8 Å². The molecule has 1 fully saturated rings. The number of halogens is 1. The van der Waals surface area contributed by atoms with E-state index in [-0.39, 0.29) is 12.4 Å². The number of likely N-dealkylation sites (tertiary alicyclic amines) is 1. The van der Waals surface area contributed by atoms with Gasteiger partial charge in [-0.15, -0.1) is 12.4 Å². The minimum Gasteiger partial charge on any atom is -0.494 e. The van der Waals surface area contributed by atoms with Gasteiger partial charge in [-0.1, -0.05) is 12.1 Å². The number of carbonyl (C=O) groups is 1. The average molecular weight is 313 g/mol. The van der Waals surface area contributed by atoms with Crippen molar-refractivity contribution in [2.75, 3.05) is 26.2 Å². The molecule has 1 aliphatic heterocycles. The predicted octanol–water partition coefficient (Wildman–Crippen LogP) is 2.61. The molecule has 4 nitrogen and oxygen atoms in total. The van der Waals surface area contributed by atoms with E-state index in [1.165, 1.54) is 5.56 Å². The van der Waals surface area contributed by atoms with Crippen LogP contribution in [-0.2, 0) is 11.3 Å². The molecule has 5 heteroatoms. The summed E-state index contributed by atoms with van der Waals surface area (Å²) in [5, 5.41) is 3.42. The van der Waals surface area contributed by atoms with Crippen LogP contribution in [0.2, 0.25) is 0 Å². The summed E-state index contributed by atoms with van der Waals surface area (Å²) in [6, 6.07) is 8.16. The summed E-state index contributed by atoms with van der Waals surface area (Å²) < 4.78 is 5.48. The van der Waals surface area contributed by atoms with Crippen LogP contribution in [0, 0.1) is 0 Å². The Kier molecular flexibility index (Phi) is 8.16. The normalized spacial score (nSPS) is 14.1. The lowest BCUT2D eigenvalue weighted by Gasteiger charge is -2.15. The molecule has 1 saturated heterocycles. The minimum atomic E-state index is 0. The molecule has 0 atom stereocenters. The predicted molar refractivity (Wildman–Crippen MR) is 87.0 cm³/mol. The number of nitrogens with one attached hydrogen (secondary N) is 1. The van der Waals surface area contributed by atoms with Crippen molar-refractivity contribution < 1.29 is 9.53 Å². The summed E-state index contributed by atoms with van der Waals surface area (Å²) in [4.78, 5) is 13.4. The van der Waals surface area contributed by atoms with Crippen molar-refractivity contribution in [3.8, 4) is 5.75 Å². The Bertz CT molecular complexity index is 440. The molecule has 1 N–H and O–H groups in total. The zero-order valence-corrected chi connectivity index (χ0v) is 13.5. The Labute approximate surface area is 133 Å². The molecule has 0 radical (unpaired) electrons. The topological polar surface area (TPSA) is 41.6 Å². The molecule has 1 amide bonds. The van der Waals surface area contributed by atoms with E-state index in [1.807, 2.05) is 24.0 Å². The summed E-state index contributed by atoms with van der Waals surface area (Å²) in [5.41, 5.74) is 1.23. The lowest BCUT2D eigenvalue weighted by molar-refractivity contribution is -0.127. The fourth-order valence-electron chi connectivity index (χ4n) is 2.48. The van der Waals surface area contributed by atoms with Crippen molar-refractivity contribution in [3.63, 3.8) is 0 Å². The van der Waals surface area contributed by atoms with Gasteiger partial charge in [0, 0.05) is 26.1 Å². The maximum absolute atomic E-state index is 11.5. The molecule has 0 spiro atoms. The Balaban J connectivity index is 0.00000220. The Morgan fingerprint density at radius 1 is 1.38 bits per heavy atom. The molecule has 1 heterocycles. The molecule has 1 aromatic carbocycles. The first kappa shape index (κ1) is 17.8. The molecule has 118 valence electrons. The second-order valence-electron chi connectivity index (χ2n) is 5.10. The Morgan fingerprint density at radius 2 is 2.24 bits per heavy atom. The van der Waals surface area contributed by atoms with E-state index in [1.54, 1.807) is 0 Å². The molecule has 0 bridgehead atoms. The van der Waals surface area contributed by atoms with Crippen LogP contribution < -0.4 is 10.1 Å². The van der Waals surface area contributed by atoms with Crippen LogP contribution in [0.25, 0.3) is 0 Å². The largest absolute Gasteiger partial charge is 0.494 e. The average Bonchev–Trinajstić information content (AvgIpc) is 2.85. The van der Waals surface area contributed by atoms with Gasteiger partial charge < -0.3 is 15.0 Å². The van der Waals surface area contributed by atoms with Crippen LogP contribution in [0.15, 0.2) is 24.3 Å². The smallest absolute Gasteiger partial charge is 0.222 e. The minimum absolute atomic E-state index is 0. The number of rotatable bonds is 8. The third kappa shape index (κ3) is 5.94. The zero-order valence-electron chi connectivity index (χ0n) is 12.6. The molecular weight excluding hydrogens is 288 g/mol. The van der Waals surface area contributed by atoms with Gasteiger partial charge in [0.05, 0.1) is 6.61 Å². The molecule has 21 heavy (non-hydrogen) atoms. The highest BCUT2D eigenvalue weighted by molar-refractivity contribution is 5.85. The van der Waals surface area contributed by atoms with Crippen molar-refractivity contribution in [2.24, 2.45) is 0 Å². The first-order valence-corrected chi connectivity index (χ1v) is 7.50. The number of hydrogen-bond donors (Lipinski definition) is 1. The third-order valence-electron chi connectivity index (χ3n) is 3.49. The number of benzene rings is 1. The zero-order chi connectivity index (χ0) is 14.2. The second kappa shape index (κ2) is 9.64. The van der Waals surface area contributed by atoms with E-state index in [2.05, 4.69) is 17.4 Å². The van der Waals surface area contributed by atoms with Crippen LogP contribution in [-0.4, -0.2) is 37.0 Å². The summed E-state index contributed by atoms with van der Waals surface area (Å²) in [5.74, 6) is 1.24. The van der Waals surface area contributed by atoms with Crippen molar-refractivity contribution in [1.29, 1.82) is 0 Å². The van der Waals surface area contributed by atoms with Gasteiger partial charge in [-0.2, -0.15) is 0 Å². The van der Waals surface area contributed by atoms with E-state index in [9.17, 15) is 4.79 Å². The Hall–Kier alpha value is -1.26. The number of amides is 1. The SMILES string of the molecule is CCOc1cccc(CNCCCN2CCCC2=O)c1.Cl. The van der Waals surface area contributed by atoms with Gasteiger partial charge in [0.25, 0.3) is 0 Å². The molecule has 0 saturated carbocycles. The second-order valence-corrected chi connectivity index (χ2v) is 5.10. The van der Waals surface area contributed by atoms with E-state index < -0.39 is 0 Å². The van der Waals surface area contributed by atoms with Crippen LogP contribution in [0.4, 0.5) is 0 Å². The monoisotopic (exact) mass is 312 g/mol. The van der Waals surface area contributed by atoms with Gasteiger partial charge in [0.2, 0.25) is 5.91 Å². The van der Waals surface area contributed by atoms with Gasteiger partial charge in [-0.25, -0.2) is 0 Å².